The molecule has 1 aliphatic carbocycles. The van der Waals surface area contributed by atoms with E-state index in [0.29, 0.717) is 36.9 Å². The number of hydrogen-bond acceptors (Lipinski definition) is 4. The number of benzene rings is 1. The lowest BCUT2D eigenvalue weighted by Crippen LogP contribution is -2.51. The van der Waals surface area contributed by atoms with Crippen molar-refractivity contribution >= 4 is 42.3 Å². The van der Waals surface area contributed by atoms with Crippen LogP contribution in [0.25, 0.3) is 0 Å². The molecule has 0 bridgehead atoms. The van der Waals surface area contributed by atoms with Crippen LogP contribution < -0.4 is 11.1 Å². The molecule has 24 heavy (non-hydrogen) atoms. The molecule has 0 spiro atoms. The van der Waals surface area contributed by atoms with Crippen LogP contribution in [0.4, 0.5) is 5.69 Å². The monoisotopic (exact) mass is 374 g/mol. The van der Waals surface area contributed by atoms with Crippen LogP contribution in [-0.4, -0.2) is 60.4 Å². The van der Waals surface area contributed by atoms with Crippen LogP contribution in [0.1, 0.15) is 23.2 Å². The van der Waals surface area contributed by atoms with Gasteiger partial charge in [0.15, 0.2) is 0 Å². The molecule has 2 fully saturated rings. The zero-order valence-electron chi connectivity index (χ0n) is 13.4. The fourth-order valence-electron chi connectivity index (χ4n) is 2.68. The highest BCUT2D eigenvalue weighted by molar-refractivity contribution is 5.99. The number of hydrogen-bond donors (Lipinski definition) is 2. The lowest BCUT2D eigenvalue weighted by atomic mass is 10.1. The second-order valence-corrected chi connectivity index (χ2v) is 6.00. The van der Waals surface area contributed by atoms with Crippen molar-refractivity contribution in [3.05, 3.63) is 29.8 Å². The van der Waals surface area contributed by atoms with E-state index < -0.39 is 0 Å². The van der Waals surface area contributed by atoms with Gasteiger partial charge >= 0.3 is 0 Å². The first-order valence-corrected chi connectivity index (χ1v) is 7.79. The number of nitrogens with two attached hydrogens (primary N) is 1. The van der Waals surface area contributed by atoms with Crippen molar-refractivity contribution in [3.8, 4) is 0 Å². The summed E-state index contributed by atoms with van der Waals surface area (Å²) in [5.41, 5.74) is 6.93. The van der Waals surface area contributed by atoms with Crippen LogP contribution >= 0.6 is 24.8 Å². The first kappa shape index (κ1) is 20.5. The van der Waals surface area contributed by atoms with Crippen molar-refractivity contribution < 1.29 is 9.59 Å². The minimum atomic E-state index is -0.0276. The smallest absolute Gasteiger partial charge is 0.256 e. The molecule has 2 amide bonds. The van der Waals surface area contributed by atoms with Gasteiger partial charge in [0, 0.05) is 37.9 Å². The molecule has 0 radical (unpaired) electrons. The first-order chi connectivity index (χ1) is 10.6. The number of halogens is 2. The van der Waals surface area contributed by atoms with Crippen molar-refractivity contribution in [3.63, 3.8) is 0 Å². The quantitative estimate of drug-likeness (QED) is 0.774. The van der Waals surface area contributed by atoms with Gasteiger partial charge in [-0.1, -0.05) is 12.1 Å². The van der Waals surface area contributed by atoms with Crippen LogP contribution in [0.5, 0.6) is 0 Å². The fourth-order valence-corrected chi connectivity index (χ4v) is 2.68. The summed E-state index contributed by atoms with van der Waals surface area (Å²) in [5, 5.41) is 2.99. The number of nitrogens with zero attached hydrogens (tertiary/aromatic N) is 2. The molecular weight excluding hydrogens is 351 g/mol. The average molecular weight is 375 g/mol. The van der Waals surface area contributed by atoms with E-state index in [1.54, 1.807) is 17.0 Å². The molecule has 0 unspecified atom stereocenters. The van der Waals surface area contributed by atoms with Gasteiger partial charge in [0.25, 0.3) is 5.91 Å². The maximum atomic E-state index is 12.5. The number of amides is 2. The van der Waals surface area contributed by atoms with Gasteiger partial charge in [0.2, 0.25) is 5.91 Å². The summed E-state index contributed by atoms with van der Waals surface area (Å²) in [7, 11) is 0. The molecular formula is C16H24Cl2N4O2. The molecule has 3 rings (SSSR count). The van der Waals surface area contributed by atoms with E-state index in [4.69, 9.17) is 5.73 Å². The lowest BCUT2D eigenvalue weighted by Gasteiger charge is -2.34. The molecule has 1 saturated carbocycles. The second kappa shape index (κ2) is 9.11. The Kier molecular flexibility index (Phi) is 7.79. The van der Waals surface area contributed by atoms with Crippen molar-refractivity contribution in [1.82, 2.24) is 15.1 Å². The molecule has 3 N–H and O–H groups in total. The van der Waals surface area contributed by atoms with Gasteiger partial charge in [-0.25, -0.2) is 0 Å². The molecule has 1 aromatic carbocycles. The van der Waals surface area contributed by atoms with Gasteiger partial charge in [-0.2, -0.15) is 0 Å². The first-order valence-electron chi connectivity index (χ1n) is 7.79. The fraction of sp³-hybridized carbons (Fsp3) is 0.500. The highest BCUT2D eigenvalue weighted by atomic mass is 35.5. The summed E-state index contributed by atoms with van der Waals surface area (Å²) in [5.74, 6) is 0.0646. The van der Waals surface area contributed by atoms with E-state index in [1.165, 1.54) is 0 Å². The van der Waals surface area contributed by atoms with E-state index in [1.807, 2.05) is 12.1 Å². The van der Waals surface area contributed by atoms with Crippen LogP contribution in [0, 0.1) is 0 Å². The maximum Gasteiger partial charge on any atom is 0.256 e. The van der Waals surface area contributed by atoms with Crippen LogP contribution in [0.3, 0.4) is 0 Å². The van der Waals surface area contributed by atoms with Crippen LogP contribution in [0.15, 0.2) is 24.3 Å². The summed E-state index contributed by atoms with van der Waals surface area (Å²) in [6.07, 6.45) is 2.21. The number of para-hydroxylation sites is 1. The molecule has 1 saturated heterocycles. The van der Waals surface area contributed by atoms with Crippen molar-refractivity contribution in [2.75, 3.05) is 38.5 Å². The summed E-state index contributed by atoms with van der Waals surface area (Å²) in [6, 6.07) is 7.54. The Morgan fingerprint density at radius 2 is 1.71 bits per heavy atom. The molecule has 1 aliphatic heterocycles. The molecule has 1 heterocycles. The van der Waals surface area contributed by atoms with Gasteiger partial charge in [-0.15, -0.1) is 24.8 Å². The Balaban J connectivity index is 0.00000144. The van der Waals surface area contributed by atoms with Crippen molar-refractivity contribution in [2.24, 2.45) is 0 Å². The van der Waals surface area contributed by atoms with E-state index in [9.17, 15) is 9.59 Å². The number of nitrogen functional groups attached to an aromatic ring is 1. The highest BCUT2D eigenvalue weighted by Gasteiger charge is 2.27. The molecule has 6 nitrogen and oxygen atoms in total. The second-order valence-electron chi connectivity index (χ2n) is 6.00. The molecule has 0 aromatic heterocycles. The number of piperazine rings is 1. The molecule has 8 heteroatoms. The molecule has 134 valence electrons. The molecule has 1 aromatic rings. The van der Waals surface area contributed by atoms with Gasteiger partial charge in [0.1, 0.15) is 0 Å². The Hall–Kier alpha value is -1.50. The number of rotatable bonds is 4. The predicted molar refractivity (Wildman–Crippen MR) is 98.9 cm³/mol. The van der Waals surface area contributed by atoms with Crippen LogP contribution in [-0.2, 0) is 4.79 Å². The number of anilines is 1. The Morgan fingerprint density at radius 1 is 1.08 bits per heavy atom. The highest BCUT2D eigenvalue weighted by Crippen LogP contribution is 2.18. The van der Waals surface area contributed by atoms with Crippen LogP contribution in [0.2, 0.25) is 0 Å². The minimum absolute atomic E-state index is 0. The normalized spacial score (nSPS) is 17.4. The number of nitrogens with one attached hydrogen (secondary N) is 1. The van der Waals surface area contributed by atoms with Crippen molar-refractivity contribution in [2.45, 2.75) is 18.9 Å². The van der Waals surface area contributed by atoms with Gasteiger partial charge in [-0.3, -0.25) is 14.5 Å². The summed E-state index contributed by atoms with van der Waals surface area (Å²) < 4.78 is 0. The summed E-state index contributed by atoms with van der Waals surface area (Å²) >= 11 is 0. The third-order valence-corrected chi connectivity index (χ3v) is 4.16. The lowest BCUT2D eigenvalue weighted by molar-refractivity contribution is -0.122. The Bertz CT molecular complexity index is 573. The molecule has 0 atom stereocenters. The van der Waals surface area contributed by atoms with Gasteiger partial charge in [-0.05, 0) is 25.0 Å². The van der Waals surface area contributed by atoms with Gasteiger partial charge < -0.3 is 16.0 Å². The third kappa shape index (κ3) is 5.26. The van der Waals surface area contributed by atoms with E-state index in [-0.39, 0.29) is 36.6 Å². The predicted octanol–water partition coefficient (Wildman–Crippen LogP) is 1.15. The molecule has 2 aliphatic rings. The number of carbonyl (C=O) groups is 2. The summed E-state index contributed by atoms with van der Waals surface area (Å²) in [4.78, 5) is 28.1. The largest absolute Gasteiger partial charge is 0.398 e. The van der Waals surface area contributed by atoms with E-state index in [2.05, 4.69) is 10.2 Å². The Labute approximate surface area is 154 Å². The standard InChI is InChI=1S/C16H22N4O2.2ClH/c17-14-4-2-1-3-13(14)16(22)20-9-7-19(8-10-20)11-15(21)18-12-5-6-12;;/h1-4,12H,5-11,17H2,(H,18,21);2*1H. The minimum Gasteiger partial charge on any atom is -0.398 e. The maximum absolute atomic E-state index is 12.5. The Morgan fingerprint density at radius 3 is 2.29 bits per heavy atom. The zero-order chi connectivity index (χ0) is 15.5. The van der Waals surface area contributed by atoms with E-state index in [0.717, 1.165) is 25.9 Å². The zero-order valence-corrected chi connectivity index (χ0v) is 15.1. The van der Waals surface area contributed by atoms with E-state index >= 15 is 0 Å². The average Bonchev–Trinajstić information content (AvgIpc) is 3.31. The SMILES string of the molecule is Cl.Cl.Nc1ccccc1C(=O)N1CCN(CC(=O)NC2CC2)CC1. The topological polar surface area (TPSA) is 78.7 Å². The number of carbonyl (C=O) groups excluding carboxylic acids is 2. The summed E-state index contributed by atoms with van der Waals surface area (Å²) in [6.45, 7) is 3.12. The van der Waals surface area contributed by atoms with Gasteiger partial charge in [0.05, 0.1) is 12.1 Å². The van der Waals surface area contributed by atoms with Crippen molar-refractivity contribution in [1.29, 1.82) is 0 Å². The third-order valence-electron chi connectivity index (χ3n) is 4.16.